The summed E-state index contributed by atoms with van der Waals surface area (Å²) in [6, 6.07) is 6.41. The summed E-state index contributed by atoms with van der Waals surface area (Å²) in [7, 11) is 0. The van der Waals surface area contributed by atoms with Crippen molar-refractivity contribution in [1.29, 1.82) is 0 Å². The van der Waals surface area contributed by atoms with Crippen LogP contribution < -0.4 is 4.74 Å². The van der Waals surface area contributed by atoms with Gasteiger partial charge < -0.3 is 14.9 Å². The highest BCUT2D eigenvalue weighted by atomic mass is 16.7. The van der Waals surface area contributed by atoms with Crippen LogP contribution in [0.1, 0.15) is 5.56 Å². The summed E-state index contributed by atoms with van der Waals surface area (Å²) in [5.41, 5.74) is 0.458. The Morgan fingerprint density at radius 2 is 2.08 bits per heavy atom. The molecule has 4 heteroatoms. The van der Waals surface area contributed by atoms with Gasteiger partial charge in [-0.3, -0.25) is 0 Å². The van der Waals surface area contributed by atoms with Gasteiger partial charge >= 0.3 is 6.16 Å². The average molecular weight is 168 g/mol. The van der Waals surface area contributed by atoms with Crippen molar-refractivity contribution < 1.29 is 19.7 Å². The zero-order valence-electron chi connectivity index (χ0n) is 6.23. The van der Waals surface area contributed by atoms with Crippen LogP contribution in [0.15, 0.2) is 24.3 Å². The van der Waals surface area contributed by atoms with Gasteiger partial charge in [-0.05, 0) is 6.07 Å². The maximum Gasteiger partial charge on any atom is 0.511 e. The molecule has 2 N–H and O–H groups in total. The van der Waals surface area contributed by atoms with E-state index in [1.807, 2.05) is 0 Å². The second-order valence-electron chi connectivity index (χ2n) is 2.13. The number of carbonyl (C=O) groups is 1. The molecule has 0 spiro atoms. The standard InChI is InChI=1S/C8H8O4/c9-5-6-3-1-2-4-7(6)12-8(10)11/h1-4,9H,5H2,(H,10,11). The average Bonchev–Trinajstić information content (AvgIpc) is 2.04. The third-order valence-electron chi connectivity index (χ3n) is 1.34. The summed E-state index contributed by atoms with van der Waals surface area (Å²) in [4.78, 5) is 10.1. The molecular weight excluding hydrogens is 160 g/mol. The van der Waals surface area contributed by atoms with E-state index in [2.05, 4.69) is 4.74 Å². The molecule has 0 saturated carbocycles. The molecule has 0 atom stereocenters. The van der Waals surface area contributed by atoms with E-state index in [1.54, 1.807) is 18.2 Å². The lowest BCUT2D eigenvalue weighted by atomic mass is 10.2. The summed E-state index contributed by atoms with van der Waals surface area (Å²) in [6.07, 6.45) is -1.38. The van der Waals surface area contributed by atoms with Crippen LogP contribution in [0, 0.1) is 0 Å². The van der Waals surface area contributed by atoms with Gasteiger partial charge in [-0.1, -0.05) is 18.2 Å². The number of carboxylic acid groups (broad SMARTS) is 1. The van der Waals surface area contributed by atoms with Crippen LogP contribution in [0.2, 0.25) is 0 Å². The number of benzene rings is 1. The topological polar surface area (TPSA) is 66.8 Å². The Hall–Kier alpha value is -1.55. The molecule has 0 unspecified atom stereocenters. The highest BCUT2D eigenvalue weighted by Crippen LogP contribution is 2.17. The number of ether oxygens (including phenoxy) is 1. The Labute approximate surface area is 69.0 Å². The molecule has 1 aromatic rings. The normalized spacial score (nSPS) is 9.42. The van der Waals surface area contributed by atoms with E-state index in [-0.39, 0.29) is 12.4 Å². The molecule has 4 nitrogen and oxygen atoms in total. The first-order valence-electron chi connectivity index (χ1n) is 3.33. The molecule has 0 fully saturated rings. The third kappa shape index (κ3) is 1.96. The summed E-state index contributed by atoms with van der Waals surface area (Å²) in [6.45, 7) is -0.233. The first-order valence-corrected chi connectivity index (χ1v) is 3.33. The van der Waals surface area contributed by atoms with Crippen LogP contribution in [0.4, 0.5) is 4.79 Å². The quantitative estimate of drug-likeness (QED) is 0.515. The van der Waals surface area contributed by atoms with E-state index in [1.165, 1.54) is 6.07 Å². The van der Waals surface area contributed by atoms with Crippen molar-refractivity contribution in [3.05, 3.63) is 29.8 Å². The SMILES string of the molecule is O=C(O)Oc1ccccc1CO. The highest BCUT2D eigenvalue weighted by molar-refractivity contribution is 5.61. The zero-order valence-corrected chi connectivity index (χ0v) is 6.23. The second-order valence-corrected chi connectivity index (χ2v) is 2.13. The number of hydrogen-bond acceptors (Lipinski definition) is 3. The van der Waals surface area contributed by atoms with Crippen molar-refractivity contribution in [1.82, 2.24) is 0 Å². The molecule has 64 valence electrons. The monoisotopic (exact) mass is 168 g/mol. The molecule has 0 aliphatic carbocycles. The van der Waals surface area contributed by atoms with Crippen LogP contribution in [0.5, 0.6) is 5.75 Å². The number of aliphatic hydroxyl groups excluding tert-OH is 1. The minimum absolute atomic E-state index is 0.174. The van der Waals surface area contributed by atoms with Crippen LogP contribution in [0.25, 0.3) is 0 Å². The van der Waals surface area contributed by atoms with E-state index < -0.39 is 6.16 Å². The van der Waals surface area contributed by atoms with Crippen LogP contribution in [-0.4, -0.2) is 16.4 Å². The molecule has 0 heterocycles. The van der Waals surface area contributed by atoms with Crippen LogP contribution >= 0.6 is 0 Å². The Balaban J connectivity index is 2.89. The van der Waals surface area contributed by atoms with E-state index in [0.29, 0.717) is 5.56 Å². The van der Waals surface area contributed by atoms with Crippen molar-refractivity contribution in [3.8, 4) is 5.75 Å². The fraction of sp³-hybridized carbons (Fsp3) is 0.125. The minimum Gasteiger partial charge on any atom is -0.449 e. The fourth-order valence-electron chi connectivity index (χ4n) is 0.828. The summed E-state index contributed by atoms with van der Waals surface area (Å²) < 4.78 is 4.39. The predicted octanol–water partition coefficient (Wildman–Crippen LogP) is 1.24. The van der Waals surface area contributed by atoms with Gasteiger partial charge in [-0.2, -0.15) is 0 Å². The van der Waals surface area contributed by atoms with Gasteiger partial charge in [0.15, 0.2) is 0 Å². The zero-order chi connectivity index (χ0) is 8.97. The maximum absolute atomic E-state index is 10.1. The molecule has 1 aromatic carbocycles. The van der Waals surface area contributed by atoms with Crippen molar-refractivity contribution in [2.24, 2.45) is 0 Å². The van der Waals surface area contributed by atoms with Gasteiger partial charge in [-0.15, -0.1) is 0 Å². The largest absolute Gasteiger partial charge is 0.511 e. The van der Waals surface area contributed by atoms with Gasteiger partial charge in [0.05, 0.1) is 6.61 Å². The highest BCUT2D eigenvalue weighted by Gasteiger charge is 2.04. The van der Waals surface area contributed by atoms with Crippen molar-refractivity contribution in [2.75, 3.05) is 0 Å². The van der Waals surface area contributed by atoms with Gasteiger partial charge in [0.2, 0.25) is 0 Å². The third-order valence-corrected chi connectivity index (χ3v) is 1.34. The molecule has 0 aliphatic rings. The summed E-state index contributed by atoms with van der Waals surface area (Å²) >= 11 is 0. The van der Waals surface area contributed by atoms with Crippen molar-refractivity contribution in [2.45, 2.75) is 6.61 Å². The molecule has 12 heavy (non-hydrogen) atoms. The maximum atomic E-state index is 10.1. The number of aliphatic hydroxyl groups is 1. The Morgan fingerprint density at radius 3 is 2.67 bits per heavy atom. The molecule has 0 aromatic heterocycles. The molecule has 0 bridgehead atoms. The Kier molecular flexibility index (Phi) is 2.66. The van der Waals surface area contributed by atoms with Gasteiger partial charge in [0.1, 0.15) is 5.75 Å². The Morgan fingerprint density at radius 1 is 1.42 bits per heavy atom. The van der Waals surface area contributed by atoms with Crippen LogP contribution in [0.3, 0.4) is 0 Å². The van der Waals surface area contributed by atoms with E-state index in [9.17, 15) is 4.79 Å². The first-order chi connectivity index (χ1) is 5.74. The second kappa shape index (κ2) is 3.73. The van der Waals surface area contributed by atoms with Crippen molar-refractivity contribution >= 4 is 6.16 Å². The van der Waals surface area contributed by atoms with Gasteiger partial charge in [0, 0.05) is 5.56 Å². The van der Waals surface area contributed by atoms with Crippen LogP contribution in [-0.2, 0) is 6.61 Å². The summed E-state index contributed by atoms with van der Waals surface area (Å²) in [5.74, 6) is 0.174. The lowest BCUT2D eigenvalue weighted by Gasteiger charge is -2.03. The minimum atomic E-state index is -1.38. The van der Waals surface area contributed by atoms with Gasteiger partial charge in [-0.25, -0.2) is 4.79 Å². The lowest BCUT2D eigenvalue weighted by molar-refractivity contribution is 0.143. The molecule has 0 amide bonds. The van der Waals surface area contributed by atoms with Crippen molar-refractivity contribution in [3.63, 3.8) is 0 Å². The van der Waals surface area contributed by atoms with Gasteiger partial charge in [0.25, 0.3) is 0 Å². The lowest BCUT2D eigenvalue weighted by Crippen LogP contribution is -2.04. The Bertz CT molecular complexity index is 282. The molecule has 1 rings (SSSR count). The smallest absolute Gasteiger partial charge is 0.449 e. The number of rotatable bonds is 2. The molecule has 0 aliphatic heterocycles. The molecule has 0 saturated heterocycles. The summed E-state index contributed by atoms with van der Waals surface area (Å²) in [5, 5.41) is 17.0. The van der Waals surface area contributed by atoms with E-state index in [4.69, 9.17) is 10.2 Å². The fourth-order valence-corrected chi connectivity index (χ4v) is 0.828. The number of hydrogen-bond donors (Lipinski definition) is 2. The molecular formula is C8H8O4. The first kappa shape index (κ1) is 8.55. The van der Waals surface area contributed by atoms with E-state index in [0.717, 1.165) is 0 Å². The number of para-hydroxylation sites is 1. The predicted molar refractivity (Wildman–Crippen MR) is 41.0 cm³/mol. The molecule has 0 radical (unpaired) electrons. The van der Waals surface area contributed by atoms with E-state index >= 15 is 0 Å².